The van der Waals surface area contributed by atoms with Gasteiger partial charge in [-0.2, -0.15) is 9.25 Å². The summed E-state index contributed by atoms with van der Waals surface area (Å²) in [5, 5.41) is 8.38. The lowest BCUT2D eigenvalue weighted by Crippen LogP contribution is -2.68. The van der Waals surface area contributed by atoms with Gasteiger partial charge in [-0.3, -0.25) is 0 Å². The van der Waals surface area contributed by atoms with Crippen LogP contribution in [-0.4, -0.2) is 15.0 Å². The van der Waals surface area contributed by atoms with E-state index in [0.717, 1.165) is 11.0 Å². The minimum atomic E-state index is -4.94. The zero-order valence-electron chi connectivity index (χ0n) is 11.6. The third-order valence-electron chi connectivity index (χ3n) is 2.90. The van der Waals surface area contributed by atoms with Gasteiger partial charge >= 0.3 is 0 Å². The Labute approximate surface area is 128 Å². The van der Waals surface area contributed by atoms with E-state index in [1.54, 1.807) is 0 Å². The molecule has 0 spiro atoms. The van der Waals surface area contributed by atoms with Crippen LogP contribution in [-0.2, 0) is 0 Å². The summed E-state index contributed by atoms with van der Waals surface area (Å²) in [7, 11) is -4.94. The Morgan fingerprint density at radius 3 is 2.23 bits per heavy atom. The topological polar surface area (TPSA) is 127 Å². The van der Waals surface area contributed by atoms with Crippen LogP contribution in [0.4, 0.5) is 0 Å². The van der Waals surface area contributed by atoms with E-state index in [-0.39, 0.29) is 6.17 Å². The highest BCUT2D eigenvalue weighted by Crippen LogP contribution is 2.13. The van der Waals surface area contributed by atoms with Gasteiger partial charge in [-0.15, -0.1) is 15.3 Å². The molecule has 9 heteroatoms. The van der Waals surface area contributed by atoms with Gasteiger partial charge in [0.1, 0.15) is 5.52 Å². The average molecular weight is 325 g/mol. The minimum Gasteiger partial charge on any atom is -0.222 e. The van der Waals surface area contributed by atoms with Crippen LogP contribution in [0.25, 0.3) is 11.0 Å². The number of fused-ring (bicyclic) bond motifs is 1. The largest absolute Gasteiger partial charge is 0.251 e. The normalized spacial score (nSPS) is 12.6. The predicted molar refractivity (Wildman–Crippen MR) is 64.3 cm³/mol. The highest BCUT2D eigenvalue weighted by molar-refractivity contribution is 5.73. The molecule has 0 aliphatic carbocycles. The van der Waals surface area contributed by atoms with Crippen LogP contribution in [0.2, 0.25) is 0 Å². The molecule has 2 heterocycles. The summed E-state index contributed by atoms with van der Waals surface area (Å²) < 4.78 is 38.0. The van der Waals surface area contributed by atoms with Gasteiger partial charge < -0.3 is 0 Å². The Hall–Kier alpha value is -2.10. The number of pyridine rings is 1. The molecular weight excluding hydrogens is 312 g/mol. The van der Waals surface area contributed by atoms with Crippen molar-refractivity contribution in [3.63, 3.8) is 0 Å². The summed E-state index contributed by atoms with van der Waals surface area (Å²) >= 11 is 0. The lowest BCUT2D eigenvalue weighted by Gasteiger charge is -2.17. The smallest absolute Gasteiger partial charge is 0.222 e. The first kappa shape index (κ1) is 16.3. The highest BCUT2D eigenvalue weighted by Gasteiger charge is 2.17. The fourth-order valence-electron chi connectivity index (χ4n) is 1.95. The minimum absolute atomic E-state index is 0.114. The molecule has 116 valence electrons. The second-order valence-electron chi connectivity index (χ2n) is 4.36. The first-order valence-electron chi connectivity index (χ1n) is 6.24. The van der Waals surface area contributed by atoms with Gasteiger partial charge in [-0.1, -0.05) is 23.4 Å². The van der Waals surface area contributed by atoms with Gasteiger partial charge in [0.05, 0.1) is 5.52 Å². The molecule has 0 amide bonds. The number of aromatic nitrogens is 4. The summed E-state index contributed by atoms with van der Waals surface area (Å²) in [5.74, 6) is 0. The van der Waals surface area contributed by atoms with E-state index in [1.165, 1.54) is 0 Å². The van der Waals surface area contributed by atoms with Crippen molar-refractivity contribution in [3.05, 3.63) is 54.9 Å². The number of benzene rings is 1. The maximum atomic E-state index is 8.49. The second kappa shape index (κ2) is 6.77. The zero-order valence-corrected chi connectivity index (χ0v) is 12.3. The SMILES string of the molecule is CC(n1nnc2ccccc21)[n+]1ccccc1.[O-][Cl+3]([O-])([O-])[O-]. The zero-order chi connectivity index (χ0) is 16.2. The Morgan fingerprint density at radius 2 is 1.59 bits per heavy atom. The molecule has 0 aliphatic heterocycles. The Bertz CT molecular complexity index is 723. The molecular formula is C13H13ClN4O4. The number of hydrogen-bond donors (Lipinski definition) is 0. The number of nitrogens with zero attached hydrogens (tertiary/aromatic N) is 4. The van der Waals surface area contributed by atoms with Gasteiger partial charge in [-0.25, -0.2) is 18.6 Å². The van der Waals surface area contributed by atoms with Crippen molar-refractivity contribution in [2.24, 2.45) is 0 Å². The molecule has 1 aromatic carbocycles. The van der Waals surface area contributed by atoms with Crippen molar-refractivity contribution in [2.75, 3.05) is 0 Å². The van der Waals surface area contributed by atoms with Gasteiger partial charge in [0.25, 0.3) is 6.17 Å². The van der Waals surface area contributed by atoms with Crippen LogP contribution in [0.3, 0.4) is 0 Å². The summed E-state index contributed by atoms with van der Waals surface area (Å²) in [5.41, 5.74) is 1.98. The van der Waals surface area contributed by atoms with Crippen molar-refractivity contribution >= 4 is 11.0 Å². The maximum Gasteiger partial charge on any atom is 0.251 e. The highest BCUT2D eigenvalue weighted by atomic mass is 35.7. The summed E-state index contributed by atoms with van der Waals surface area (Å²) in [6, 6.07) is 14.0. The van der Waals surface area contributed by atoms with E-state index >= 15 is 0 Å². The quantitative estimate of drug-likeness (QED) is 0.463. The average Bonchev–Trinajstić information content (AvgIpc) is 2.89. The number of para-hydroxylation sites is 1. The third-order valence-corrected chi connectivity index (χ3v) is 2.90. The standard InChI is InChI=1S/C13H13N4.ClHO4/c1-11(16-9-5-2-6-10-16)17-13-8-4-3-7-12(13)14-15-17;2-1(3,4)5/h2-11H,1H3;(H,2,3,4,5)/q+1;/p-1. The number of hydrogen-bond acceptors (Lipinski definition) is 6. The summed E-state index contributed by atoms with van der Waals surface area (Å²) in [6.07, 6.45) is 4.17. The first-order valence-corrected chi connectivity index (χ1v) is 7.47. The second-order valence-corrected chi connectivity index (χ2v) is 5.11. The van der Waals surface area contributed by atoms with Crippen molar-refractivity contribution in [1.82, 2.24) is 15.0 Å². The molecule has 3 aromatic rings. The molecule has 0 radical (unpaired) electrons. The molecule has 22 heavy (non-hydrogen) atoms. The van der Waals surface area contributed by atoms with E-state index in [2.05, 4.69) is 21.8 Å². The maximum absolute atomic E-state index is 8.49. The van der Waals surface area contributed by atoms with Crippen LogP contribution < -0.4 is 23.2 Å². The number of halogens is 1. The van der Waals surface area contributed by atoms with Crippen LogP contribution in [0.5, 0.6) is 0 Å². The lowest BCUT2D eigenvalue weighted by atomic mass is 10.3. The van der Waals surface area contributed by atoms with Crippen molar-refractivity contribution in [2.45, 2.75) is 13.1 Å². The molecule has 1 atom stereocenters. The summed E-state index contributed by atoms with van der Waals surface area (Å²) in [4.78, 5) is 0. The summed E-state index contributed by atoms with van der Waals surface area (Å²) in [6.45, 7) is 2.10. The van der Waals surface area contributed by atoms with Crippen molar-refractivity contribution in [3.8, 4) is 0 Å². The molecule has 0 aliphatic rings. The molecule has 0 saturated heterocycles. The Morgan fingerprint density at radius 1 is 1.00 bits per heavy atom. The molecule has 2 aromatic heterocycles. The molecule has 0 saturated carbocycles. The van der Waals surface area contributed by atoms with Gasteiger partial charge in [-0.05, 0) is 12.1 Å². The van der Waals surface area contributed by atoms with Crippen LogP contribution in [0.1, 0.15) is 13.1 Å². The lowest BCUT2D eigenvalue weighted by molar-refractivity contribution is -2.00. The van der Waals surface area contributed by atoms with Crippen LogP contribution in [0, 0.1) is 10.2 Å². The first-order chi connectivity index (χ1) is 10.4. The van der Waals surface area contributed by atoms with Gasteiger partial charge in [0.15, 0.2) is 12.4 Å². The van der Waals surface area contributed by atoms with Crippen LogP contribution >= 0.6 is 0 Å². The predicted octanol–water partition coefficient (Wildman–Crippen LogP) is -2.97. The molecule has 0 fully saturated rings. The van der Waals surface area contributed by atoms with Crippen molar-refractivity contribution in [1.29, 1.82) is 0 Å². The van der Waals surface area contributed by atoms with Gasteiger partial charge in [0, 0.05) is 19.1 Å². The molecule has 8 nitrogen and oxygen atoms in total. The Balaban J connectivity index is 0.000000309. The van der Waals surface area contributed by atoms with E-state index in [1.807, 2.05) is 59.5 Å². The van der Waals surface area contributed by atoms with Crippen molar-refractivity contribution < 1.29 is 33.4 Å². The third kappa shape index (κ3) is 4.45. The van der Waals surface area contributed by atoms with E-state index in [0.29, 0.717) is 0 Å². The molecule has 0 N–H and O–H groups in total. The fourth-order valence-corrected chi connectivity index (χ4v) is 1.95. The van der Waals surface area contributed by atoms with Gasteiger partial charge in [0.2, 0.25) is 0 Å². The molecule has 0 bridgehead atoms. The van der Waals surface area contributed by atoms with E-state index in [4.69, 9.17) is 18.6 Å². The fraction of sp³-hybridized carbons (Fsp3) is 0.154. The molecule has 3 rings (SSSR count). The van der Waals surface area contributed by atoms with Crippen LogP contribution in [0.15, 0.2) is 54.9 Å². The Kier molecular flexibility index (Phi) is 5.01. The molecule has 1 unspecified atom stereocenters. The number of rotatable bonds is 2. The monoisotopic (exact) mass is 324 g/mol. The van der Waals surface area contributed by atoms with E-state index in [9.17, 15) is 0 Å². The van der Waals surface area contributed by atoms with E-state index < -0.39 is 10.2 Å².